The Hall–Kier alpha value is -1.09. The standard InChI is InChI=1S/C14H25N3/c1-6-14(3,4)17(5)13-8-9-16-11-12(13)10-15-7-2/h8-9,11,15H,6-7,10H2,1-5H3. The third-order valence-corrected chi connectivity index (χ3v) is 3.58. The van der Waals surface area contributed by atoms with Crippen LogP contribution in [0, 0.1) is 0 Å². The molecule has 0 aromatic carbocycles. The zero-order valence-corrected chi connectivity index (χ0v) is 11.7. The van der Waals surface area contributed by atoms with Crippen molar-refractivity contribution in [1.29, 1.82) is 0 Å². The van der Waals surface area contributed by atoms with Crippen LogP contribution in [0.15, 0.2) is 18.5 Å². The van der Waals surface area contributed by atoms with E-state index in [4.69, 9.17) is 0 Å². The first kappa shape index (κ1) is 14.0. The summed E-state index contributed by atoms with van der Waals surface area (Å²) in [7, 11) is 2.16. The van der Waals surface area contributed by atoms with Gasteiger partial charge in [0.15, 0.2) is 0 Å². The summed E-state index contributed by atoms with van der Waals surface area (Å²) in [5.74, 6) is 0. The lowest BCUT2D eigenvalue weighted by Gasteiger charge is -2.37. The number of rotatable bonds is 6. The summed E-state index contributed by atoms with van der Waals surface area (Å²) < 4.78 is 0. The van der Waals surface area contributed by atoms with E-state index in [1.54, 1.807) is 0 Å². The van der Waals surface area contributed by atoms with Crippen molar-refractivity contribution in [3.05, 3.63) is 24.0 Å². The third kappa shape index (κ3) is 3.43. The number of nitrogens with zero attached hydrogens (tertiary/aromatic N) is 2. The zero-order chi connectivity index (χ0) is 12.9. The Morgan fingerprint density at radius 2 is 2.06 bits per heavy atom. The van der Waals surface area contributed by atoms with Crippen LogP contribution >= 0.6 is 0 Å². The van der Waals surface area contributed by atoms with Gasteiger partial charge in [0.25, 0.3) is 0 Å². The molecule has 0 fully saturated rings. The van der Waals surface area contributed by atoms with Gasteiger partial charge in [-0.2, -0.15) is 0 Å². The molecule has 0 radical (unpaired) electrons. The number of hydrogen-bond donors (Lipinski definition) is 1. The molecule has 1 aromatic heterocycles. The van der Waals surface area contributed by atoms with Gasteiger partial charge in [-0.3, -0.25) is 4.98 Å². The van der Waals surface area contributed by atoms with Gasteiger partial charge in [-0.25, -0.2) is 0 Å². The van der Waals surface area contributed by atoms with Crippen molar-refractivity contribution in [3.63, 3.8) is 0 Å². The molecule has 0 unspecified atom stereocenters. The predicted molar refractivity (Wildman–Crippen MR) is 74.4 cm³/mol. The molecule has 0 bridgehead atoms. The first-order valence-corrected chi connectivity index (χ1v) is 6.40. The number of hydrogen-bond acceptors (Lipinski definition) is 3. The van der Waals surface area contributed by atoms with Crippen molar-refractivity contribution >= 4 is 5.69 Å². The van der Waals surface area contributed by atoms with Crippen LogP contribution < -0.4 is 10.2 Å². The van der Waals surface area contributed by atoms with Gasteiger partial charge in [0.2, 0.25) is 0 Å². The quantitative estimate of drug-likeness (QED) is 0.822. The highest BCUT2D eigenvalue weighted by Crippen LogP contribution is 2.27. The summed E-state index contributed by atoms with van der Waals surface area (Å²) in [6.45, 7) is 10.7. The molecule has 0 atom stereocenters. The maximum absolute atomic E-state index is 4.22. The van der Waals surface area contributed by atoms with E-state index in [9.17, 15) is 0 Å². The third-order valence-electron chi connectivity index (χ3n) is 3.58. The Kier molecular flexibility index (Phi) is 4.94. The predicted octanol–water partition coefficient (Wildman–Crippen LogP) is 2.82. The fourth-order valence-corrected chi connectivity index (χ4v) is 1.71. The Bertz CT molecular complexity index is 347. The fourth-order valence-electron chi connectivity index (χ4n) is 1.71. The Morgan fingerprint density at radius 3 is 2.65 bits per heavy atom. The molecular weight excluding hydrogens is 210 g/mol. The van der Waals surface area contributed by atoms with Crippen LogP contribution in [0.25, 0.3) is 0 Å². The molecule has 0 saturated carbocycles. The van der Waals surface area contributed by atoms with E-state index in [-0.39, 0.29) is 5.54 Å². The van der Waals surface area contributed by atoms with Gasteiger partial charge in [0.1, 0.15) is 0 Å². The summed E-state index contributed by atoms with van der Waals surface area (Å²) in [5, 5.41) is 3.36. The lowest BCUT2D eigenvalue weighted by atomic mass is 9.98. The van der Waals surface area contributed by atoms with Gasteiger partial charge < -0.3 is 10.2 Å². The van der Waals surface area contributed by atoms with Gasteiger partial charge in [0.05, 0.1) is 0 Å². The topological polar surface area (TPSA) is 28.2 Å². The maximum atomic E-state index is 4.22. The van der Waals surface area contributed by atoms with Gasteiger partial charge >= 0.3 is 0 Å². The average molecular weight is 235 g/mol. The summed E-state index contributed by atoms with van der Waals surface area (Å²) >= 11 is 0. The monoisotopic (exact) mass is 235 g/mol. The second-order valence-corrected chi connectivity index (χ2v) is 5.01. The zero-order valence-electron chi connectivity index (χ0n) is 11.7. The first-order chi connectivity index (χ1) is 8.03. The molecule has 1 N–H and O–H groups in total. The largest absolute Gasteiger partial charge is 0.369 e. The van der Waals surface area contributed by atoms with E-state index in [1.807, 2.05) is 12.4 Å². The summed E-state index contributed by atoms with van der Waals surface area (Å²) in [6, 6.07) is 2.10. The van der Waals surface area contributed by atoms with Crippen LogP contribution in [0.2, 0.25) is 0 Å². The second kappa shape index (κ2) is 6.01. The van der Waals surface area contributed by atoms with Crippen LogP contribution in [-0.2, 0) is 6.54 Å². The molecule has 1 heterocycles. The van der Waals surface area contributed by atoms with Gasteiger partial charge in [-0.15, -0.1) is 0 Å². The van der Waals surface area contributed by atoms with E-state index in [0.717, 1.165) is 19.5 Å². The van der Waals surface area contributed by atoms with Gasteiger partial charge in [-0.05, 0) is 32.9 Å². The molecule has 96 valence electrons. The minimum atomic E-state index is 0.169. The van der Waals surface area contributed by atoms with Crippen LogP contribution in [-0.4, -0.2) is 24.1 Å². The van der Waals surface area contributed by atoms with E-state index in [0.29, 0.717) is 0 Å². The molecule has 0 saturated heterocycles. The second-order valence-electron chi connectivity index (χ2n) is 5.01. The Labute approximate surface area is 105 Å². The molecule has 0 amide bonds. The van der Waals surface area contributed by atoms with E-state index < -0.39 is 0 Å². The molecule has 3 heteroatoms. The molecule has 0 spiro atoms. The fraction of sp³-hybridized carbons (Fsp3) is 0.643. The highest BCUT2D eigenvalue weighted by Gasteiger charge is 2.22. The van der Waals surface area contributed by atoms with Crippen molar-refractivity contribution < 1.29 is 0 Å². The van der Waals surface area contributed by atoms with Crippen molar-refractivity contribution in [2.45, 2.75) is 46.2 Å². The van der Waals surface area contributed by atoms with E-state index in [2.05, 4.69) is 56.0 Å². The Balaban J connectivity index is 2.96. The maximum Gasteiger partial charge on any atom is 0.0444 e. The summed E-state index contributed by atoms with van der Waals surface area (Å²) in [6.07, 6.45) is 4.94. The van der Waals surface area contributed by atoms with Crippen LogP contribution in [0.5, 0.6) is 0 Å². The lowest BCUT2D eigenvalue weighted by Crippen LogP contribution is -2.41. The molecule has 1 aromatic rings. The van der Waals surface area contributed by atoms with E-state index in [1.165, 1.54) is 11.3 Å². The summed E-state index contributed by atoms with van der Waals surface area (Å²) in [4.78, 5) is 6.57. The number of anilines is 1. The summed E-state index contributed by atoms with van der Waals surface area (Å²) in [5.41, 5.74) is 2.70. The normalized spacial score (nSPS) is 11.6. The number of aromatic nitrogens is 1. The smallest absolute Gasteiger partial charge is 0.0444 e. The minimum absolute atomic E-state index is 0.169. The molecule has 1 rings (SSSR count). The van der Waals surface area contributed by atoms with Crippen molar-refractivity contribution in [2.24, 2.45) is 0 Å². The molecular formula is C14H25N3. The highest BCUT2D eigenvalue weighted by molar-refractivity contribution is 5.53. The molecule has 0 aliphatic carbocycles. The molecule has 0 aliphatic rings. The van der Waals surface area contributed by atoms with Gasteiger partial charge in [-0.1, -0.05) is 13.8 Å². The van der Waals surface area contributed by atoms with Crippen molar-refractivity contribution in [3.8, 4) is 0 Å². The molecule has 3 nitrogen and oxygen atoms in total. The number of pyridine rings is 1. The first-order valence-electron chi connectivity index (χ1n) is 6.40. The van der Waals surface area contributed by atoms with Crippen LogP contribution in [0.4, 0.5) is 5.69 Å². The molecule has 17 heavy (non-hydrogen) atoms. The molecule has 0 aliphatic heterocycles. The highest BCUT2D eigenvalue weighted by atomic mass is 15.2. The SMILES string of the molecule is CCNCc1cnccc1N(C)C(C)(C)CC. The van der Waals surface area contributed by atoms with Crippen molar-refractivity contribution in [2.75, 3.05) is 18.5 Å². The van der Waals surface area contributed by atoms with Crippen LogP contribution in [0.3, 0.4) is 0 Å². The van der Waals surface area contributed by atoms with Crippen LogP contribution in [0.1, 0.15) is 39.7 Å². The Morgan fingerprint density at radius 1 is 1.35 bits per heavy atom. The van der Waals surface area contributed by atoms with Crippen molar-refractivity contribution in [1.82, 2.24) is 10.3 Å². The minimum Gasteiger partial charge on any atom is -0.369 e. The lowest BCUT2D eigenvalue weighted by molar-refractivity contribution is 0.469. The van der Waals surface area contributed by atoms with Gasteiger partial charge in [0, 0.05) is 42.8 Å². The average Bonchev–Trinajstić information content (AvgIpc) is 2.35. The van der Waals surface area contributed by atoms with E-state index >= 15 is 0 Å². The number of nitrogens with one attached hydrogen (secondary N) is 1.